The summed E-state index contributed by atoms with van der Waals surface area (Å²) >= 11 is 0. The molecule has 0 fully saturated rings. The molecule has 2 aromatic carbocycles. The monoisotopic (exact) mass is 407 g/mol. The molecule has 0 aliphatic heterocycles. The highest BCUT2D eigenvalue weighted by atomic mass is 16.4. The molecule has 0 spiro atoms. The largest absolute Gasteiger partial charge is 0.508 e. The lowest BCUT2D eigenvalue weighted by Crippen LogP contribution is -2.27. The molecule has 156 valence electrons. The Kier molecular flexibility index (Phi) is 6.85. The molecule has 0 radical (unpaired) electrons. The minimum Gasteiger partial charge on any atom is -0.508 e. The van der Waals surface area contributed by atoms with E-state index >= 15 is 0 Å². The third-order valence-corrected chi connectivity index (χ3v) is 4.82. The molecule has 1 amide bonds. The van der Waals surface area contributed by atoms with Crippen LogP contribution in [0.15, 0.2) is 62.8 Å². The van der Waals surface area contributed by atoms with Crippen molar-refractivity contribution >= 4 is 22.7 Å². The van der Waals surface area contributed by atoms with E-state index in [4.69, 9.17) is 10.2 Å². The third-order valence-electron chi connectivity index (χ3n) is 4.82. The van der Waals surface area contributed by atoms with Crippen molar-refractivity contribution in [3.63, 3.8) is 0 Å². The fourth-order valence-corrected chi connectivity index (χ4v) is 3.15. The van der Waals surface area contributed by atoms with Gasteiger partial charge in [0.1, 0.15) is 16.9 Å². The molecule has 0 saturated carbocycles. The lowest BCUT2D eigenvalue weighted by Gasteiger charge is -2.08. The second-order valence-corrected chi connectivity index (χ2v) is 7.08. The Bertz CT molecular complexity index is 1120. The van der Waals surface area contributed by atoms with Crippen LogP contribution in [0.5, 0.6) is 5.75 Å². The quantitative estimate of drug-likeness (QED) is 0.173. The topological polar surface area (TPSA) is 118 Å². The number of aryl methyl sites for hydroxylation is 1. The van der Waals surface area contributed by atoms with Gasteiger partial charge in [-0.25, -0.2) is 10.2 Å². The SMILES string of the molecule is CCCCCCc1cc2cc(/C(N)=N/NC(=O)c3ccccc3)c(=O)oc2cc1O. The van der Waals surface area contributed by atoms with Crippen LogP contribution in [-0.2, 0) is 6.42 Å². The molecular weight excluding hydrogens is 382 g/mol. The van der Waals surface area contributed by atoms with Crippen molar-refractivity contribution in [2.45, 2.75) is 39.0 Å². The fraction of sp³-hybridized carbons (Fsp3) is 0.261. The Morgan fingerprint density at radius 3 is 2.63 bits per heavy atom. The van der Waals surface area contributed by atoms with Gasteiger partial charge < -0.3 is 15.3 Å². The van der Waals surface area contributed by atoms with E-state index in [1.165, 1.54) is 6.07 Å². The van der Waals surface area contributed by atoms with Crippen molar-refractivity contribution in [1.82, 2.24) is 5.43 Å². The van der Waals surface area contributed by atoms with E-state index in [1.807, 2.05) is 0 Å². The number of nitrogens with two attached hydrogens (primary N) is 1. The van der Waals surface area contributed by atoms with E-state index in [9.17, 15) is 14.7 Å². The molecule has 3 rings (SSSR count). The van der Waals surface area contributed by atoms with Crippen LogP contribution in [0.1, 0.15) is 54.1 Å². The Hall–Kier alpha value is -3.61. The number of nitrogens with one attached hydrogen (secondary N) is 1. The zero-order valence-corrected chi connectivity index (χ0v) is 16.9. The van der Waals surface area contributed by atoms with Crippen LogP contribution in [0.3, 0.4) is 0 Å². The zero-order valence-electron chi connectivity index (χ0n) is 16.9. The van der Waals surface area contributed by atoms with Crippen LogP contribution < -0.4 is 16.8 Å². The lowest BCUT2D eigenvalue weighted by molar-refractivity contribution is 0.0954. The first-order chi connectivity index (χ1) is 14.5. The fourth-order valence-electron chi connectivity index (χ4n) is 3.15. The van der Waals surface area contributed by atoms with Gasteiger partial charge in [0.2, 0.25) is 0 Å². The number of fused-ring (bicyclic) bond motifs is 1. The van der Waals surface area contributed by atoms with Gasteiger partial charge in [0.05, 0.1) is 0 Å². The van der Waals surface area contributed by atoms with Crippen LogP contribution in [0.4, 0.5) is 0 Å². The molecule has 1 aromatic heterocycles. The maximum atomic E-state index is 12.3. The highest BCUT2D eigenvalue weighted by molar-refractivity contribution is 6.01. The number of carbonyl (C=O) groups excluding carboxylic acids is 1. The van der Waals surface area contributed by atoms with Gasteiger partial charge in [-0.05, 0) is 42.7 Å². The van der Waals surface area contributed by atoms with E-state index in [1.54, 1.807) is 42.5 Å². The van der Waals surface area contributed by atoms with Crippen molar-refractivity contribution in [1.29, 1.82) is 0 Å². The number of aromatic hydroxyl groups is 1. The Balaban J connectivity index is 1.84. The summed E-state index contributed by atoms with van der Waals surface area (Å²) in [5.41, 5.74) is 9.06. The van der Waals surface area contributed by atoms with Crippen LogP contribution in [0.25, 0.3) is 11.0 Å². The number of carbonyl (C=O) groups is 1. The number of hydrazone groups is 1. The van der Waals surface area contributed by atoms with Gasteiger partial charge >= 0.3 is 5.63 Å². The summed E-state index contributed by atoms with van der Waals surface area (Å²) in [6, 6.07) is 13.3. The predicted molar refractivity (Wildman–Crippen MR) is 117 cm³/mol. The highest BCUT2D eigenvalue weighted by Crippen LogP contribution is 2.26. The summed E-state index contributed by atoms with van der Waals surface area (Å²) < 4.78 is 5.30. The van der Waals surface area contributed by atoms with Crippen LogP contribution >= 0.6 is 0 Å². The van der Waals surface area contributed by atoms with Crippen LogP contribution in [0, 0.1) is 0 Å². The normalized spacial score (nSPS) is 11.6. The molecule has 1 heterocycles. The van der Waals surface area contributed by atoms with Crippen LogP contribution in [0.2, 0.25) is 0 Å². The number of rotatable bonds is 8. The maximum Gasteiger partial charge on any atom is 0.347 e. The van der Waals surface area contributed by atoms with Gasteiger partial charge in [0.15, 0.2) is 5.84 Å². The molecule has 4 N–H and O–H groups in total. The van der Waals surface area contributed by atoms with Crippen molar-refractivity contribution in [2.24, 2.45) is 10.8 Å². The van der Waals surface area contributed by atoms with Crippen molar-refractivity contribution in [3.05, 3.63) is 75.6 Å². The smallest absolute Gasteiger partial charge is 0.347 e. The third kappa shape index (κ3) is 5.05. The number of phenolic OH excluding ortho intramolecular Hbond substituents is 1. The number of unbranched alkanes of at least 4 members (excludes halogenated alkanes) is 3. The number of benzene rings is 2. The summed E-state index contributed by atoms with van der Waals surface area (Å²) in [6.07, 6.45) is 5.06. The second-order valence-electron chi connectivity index (χ2n) is 7.08. The first kappa shape index (κ1) is 21.1. The Morgan fingerprint density at radius 2 is 1.90 bits per heavy atom. The van der Waals surface area contributed by atoms with E-state index < -0.39 is 11.5 Å². The van der Waals surface area contributed by atoms with Gasteiger partial charge in [-0.2, -0.15) is 5.10 Å². The van der Waals surface area contributed by atoms with E-state index in [2.05, 4.69) is 17.5 Å². The molecule has 0 saturated heterocycles. The molecule has 0 aliphatic carbocycles. The van der Waals surface area contributed by atoms with Gasteiger partial charge in [-0.15, -0.1) is 0 Å². The highest BCUT2D eigenvalue weighted by Gasteiger charge is 2.13. The molecule has 0 bridgehead atoms. The summed E-state index contributed by atoms with van der Waals surface area (Å²) in [5, 5.41) is 14.7. The summed E-state index contributed by atoms with van der Waals surface area (Å²) in [6.45, 7) is 2.14. The first-order valence-corrected chi connectivity index (χ1v) is 9.98. The molecule has 0 atom stereocenters. The van der Waals surface area contributed by atoms with Gasteiger partial charge in [0.25, 0.3) is 5.91 Å². The van der Waals surface area contributed by atoms with E-state index in [-0.39, 0.29) is 22.7 Å². The van der Waals surface area contributed by atoms with Crippen molar-refractivity contribution < 1.29 is 14.3 Å². The molecule has 0 aliphatic rings. The standard InChI is InChI=1S/C23H25N3O4/c1-2-3-4-6-11-16-12-17-13-18(23(29)30-20(17)14-19(16)27)21(24)25-26-22(28)15-9-7-5-8-10-15/h5,7-10,12-14,27H,2-4,6,11H2,1H3,(H2,24,25)(H,26,28). The number of phenols is 1. The maximum absolute atomic E-state index is 12.3. The predicted octanol–water partition coefficient (Wildman–Crippen LogP) is 3.67. The average Bonchev–Trinajstić information content (AvgIpc) is 2.75. The van der Waals surface area contributed by atoms with Gasteiger partial charge in [0, 0.05) is 17.0 Å². The average molecular weight is 407 g/mol. The number of hydrogen-bond acceptors (Lipinski definition) is 5. The Labute approximate surface area is 174 Å². The molecule has 0 unspecified atom stereocenters. The molecular formula is C23H25N3O4. The lowest BCUT2D eigenvalue weighted by atomic mass is 10.0. The van der Waals surface area contributed by atoms with E-state index in [0.717, 1.165) is 37.7 Å². The molecule has 7 nitrogen and oxygen atoms in total. The van der Waals surface area contributed by atoms with Gasteiger partial charge in [-0.1, -0.05) is 44.4 Å². The minimum absolute atomic E-state index is 0.0403. The molecule has 7 heteroatoms. The van der Waals surface area contributed by atoms with Crippen molar-refractivity contribution in [3.8, 4) is 5.75 Å². The minimum atomic E-state index is -0.701. The van der Waals surface area contributed by atoms with Crippen molar-refractivity contribution in [2.75, 3.05) is 0 Å². The number of amidine groups is 1. The number of nitrogens with zero attached hydrogens (tertiary/aromatic N) is 1. The first-order valence-electron chi connectivity index (χ1n) is 9.98. The van der Waals surface area contributed by atoms with Crippen LogP contribution in [-0.4, -0.2) is 16.8 Å². The number of hydrogen-bond donors (Lipinski definition) is 3. The summed E-state index contributed by atoms with van der Waals surface area (Å²) in [5.74, 6) is -0.498. The summed E-state index contributed by atoms with van der Waals surface area (Å²) in [4.78, 5) is 24.4. The molecule has 30 heavy (non-hydrogen) atoms. The van der Waals surface area contributed by atoms with Gasteiger partial charge in [-0.3, -0.25) is 4.79 Å². The summed E-state index contributed by atoms with van der Waals surface area (Å²) in [7, 11) is 0. The number of amides is 1. The van der Waals surface area contributed by atoms with E-state index in [0.29, 0.717) is 10.9 Å². The molecule has 3 aromatic rings. The zero-order chi connectivity index (χ0) is 21.5. The Morgan fingerprint density at radius 1 is 1.13 bits per heavy atom. The second kappa shape index (κ2) is 9.73.